The first kappa shape index (κ1) is 28.5. The van der Waals surface area contributed by atoms with Crippen LogP contribution in [0, 0.1) is 6.92 Å². The molecule has 2 atom stereocenters. The molecule has 35 heavy (non-hydrogen) atoms. The Morgan fingerprint density at radius 3 is 2.40 bits per heavy atom. The predicted octanol–water partition coefficient (Wildman–Crippen LogP) is 1.89. The molecule has 0 fully saturated rings. The number of hydrogen-bond acceptors (Lipinski definition) is 7. The second-order valence-electron chi connectivity index (χ2n) is 8.46. The first-order valence-electron chi connectivity index (χ1n) is 11.0. The van der Waals surface area contributed by atoms with Crippen LogP contribution in [0.1, 0.15) is 24.1 Å². The lowest BCUT2D eigenvalue weighted by Gasteiger charge is -2.21. The zero-order valence-electron chi connectivity index (χ0n) is 20.5. The van der Waals surface area contributed by atoms with Crippen molar-refractivity contribution in [3.05, 3.63) is 51.9 Å². The van der Waals surface area contributed by atoms with E-state index in [-0.39, 0.29) is 30.6 Å². The Hall–Kier alpha value is -2.76. The molecule has 0 aliphatic carbocycles. The highest BCUT2D eigenvalue weighted by atomic mass is 35.5. The number of benzene rings is 1. The van der Waals surface area contributed by atoms with Crippen LogP contribution in [-0.4, -0.2) is 69.9 Å². The minimum Gasteiger partial charge on any atom is -0.480 e. The van der Waals surface area contributed by atoms with Crippen LogP contribution in [0.5, 0.6) is 0 Å². The third kappa shape index (κ3) is 6.28. The van der Waals surface area contributed by atoms with Crippen LogP contribution in [0.4, 0.5) is 0 Å². The molecule has 0 aliphatic heterocycles. The number of pyridine rings is 1. The van der Waals surface area contributed by atoms with Gasteiger partial charge in [0.25, 0.3) is 5.56 Å². The number of imidazole rings is 1. The molecule has 0 saturated carbocycles. The van der Waals surface area contributed by atoms with Gasteiger partial charge in [0, 0.05) is 45.1 Å². The monoisotopic (exact) mass is 508 g/mol. The minimum absolute atomic E-state index is 0. The van der Waals surface area contributed by atoms with Gasteiger partial charge in [0.15, 0.2) is 0 Å². The number of halogens is 1. The molecule has 3 aromatic rings. The van der Waals surface area contributed by atoms with Crippen molar-refractivity contribution in [1.82, 2.24) is 19.4 Å². The molecule has 0 bridgehead atoms. The summed E-state index contributed by atoms with van der Waals surface area (Å²) in [5, 5.41) is 21.9. The van der Waals surface area contributed by atoms with Crippen molar-refractivity contribution in [2.75, 3.05) is 27.4 Å². The fourth-order valence-corrected chi connectivity index (χ4v) is 4.10. The average molecular weight is 509 g/mol. The number of aliphatic carboxylic acids is 1. The Morgan fingerprint density at radius 1 is 1.20 bits per heavy atom. The second kappa shape index (κ2) is 12.3. The Kier molecular flexibility index (Phi) is 9.99. The zero-order chi connectivity index (χ0) is 25.0. The molecule has 2 unspecified atom stereocenters. The summed E-state index contributed by atoms with van der Waals surface area (Å²) < 4.78 is 14.5. The molecule has 2 aromatic heterocycles. The normalized spacial score (nSPS) is 13.1. The maximum absolute atomic E-state index is 12.2. The third-order valence-corrected chi connectivity index (χ3v) is 5.73. The number of aliphatic hydroxyl groups is 1. The number of fused-ring (bicyclic) bond motifs is 1. The highest BCUT2D eigenvalue weighted by molar-refractivity contribution is 5.85. The van der Waals surface area contributed by atoms with Gasteiger partial charge in [-0.2, -0.15) is 0 Å². The Bertz CT molecular complexity index is 1190. The van der Waals surface area contributed by atoms with Crippen molar-refractivity contribution in [2.45, 2.75) is 38.6 Å². The van der Waals surface area contributed by atoms with E-state index < -0.39 is 18.1 Å². The van der Waals surface area contributed by atoms with Crippen molar-refractivity contribution >= 4 is 29.4 Å². The van der Waals surface area contributed by atoms with E-state index in [0.717, 1.165) is 16.6 Å². The van der Waals surface area contributed by atoms with Crippen molar-refractivity contribution in [2.24, 2.45) is 7.05 Å². The van der Waals surface area contributed by atoms with Gasteiger partial charge in [-0.05, 0) is 37.6 Å². The predicted molar refractivity (Wildman–Crippen MR) is 135 cm³/mol. The van der Waals surface area contributed by atoms with Crippen molar-refractivity contribution in [3.63, 3.8) is 0 Å². The van der Waals surface area contributed by atoms with E-state index in [0.29, 0.717) is 30.1 Å². The van der Waals surface area contributed by atoms with Crippen LogP contribution in [0.3, 0.4) is 0 Å². The van der Waals surface area contributed by atoms with Gasteiger partial charge >= 0.3 is 5.97 Å². The van der Waals surface area contributed by atoms with Crippen LogP contribution in [0.2, 0.25) is 0 Å². The molecule has 0 amide bonds. The smallest absolute Gasteiger partial charge is 0.323 e. The molecule has 0 spiro atoms. The molecule has 11 heteroatoms. The van der Waals surface area contributed by atoms with E-state index >= 15 is 0 Å². The van der Waals surface area contributed by atoms with Crippen LogP contribution in [0.15, 0.2) is 35.3 Å². The van der Waals surface area contributed by atoms with E-state index in [2.05, 4.69) is 9.88 Å². The fraction of sp³-hybridized carbons (Fsp3) is 0.458. The first-order chi connectivity index (χ1) is 16.2. The lowest BCUT2D eigenvalue weighted by atomic mass is 10.1. The second-order valence-corrected chi connectivity index (χ2v) is 8.46. The summed E-state index contributed by atoms with van der Waals surface area (Å²) in [6.07, 6.45) is 0.718. The van der Waals surface area contributed by atoms with Crippen molar-refractivity contribution in [3.8, 4) is 11.4 Å². The van der Waals surface area contributed by atoms with Crippen LogP contribution >= 0.6 is 12.4 Å². The van der Waals surface area contributed by atoms with Gasteiger partial charge in [0.05, 0.1) is 36.4 Å². The van der Waals surface area contributed by atoms with Crippen LogP contribution < -0.4 is 10.9 Å². The SMILES string of the molecule is COCC(COC)n1c(-c2cc(C)c(=O)n(C)c2)nc2cc(CNC(C(=O)O)C(C)O)ccc21.Cl. The number of aliphatic hydroxyl groups excluding tert-OH is 1. The van der Waals surface area contributed by atoms with Crippen LogP contribution in [-0.2, 0) is 27.9 Å². The number of aryl methyl sites for hydroxylation is 2. The van der Waals surface area contributed by atoms with Gasteiger partial charge in [-0.3, -0.25) is 14.9 Å². The van der Waals surface area contributed by atoms with Crippen LogP contribution in [0.25, 0.3) is 22.4 Å². The molecule has 3 N–H and O–H groups in total. The Labute approximate surface area is 209 Å². The Morgan fingerprint density at radius 2 is 1.86 bits per heavy atom. The standard InChI is InChI=1S/C24H32N4O6.ClH/c1-14-8-17(11-27(3)23(14)30)22-26-19-9-16(10-25-21(15(2)29)24(31)32)6-7-20(19)28(22)18(12-33-4)13-34-5;/h6-9,11,15,18,21,25,29H,10,12-13H2,1-5H3,(H,31,32);1H. The van der Waals surface area contributed by atoms with Gasteiger partial charge < -0.3 is 28.8 Å². The molecule has 0 saturated heterocycles. The van der Waals surface area contributed by atoms with Gasteiger partial charge in [0.1, 0.15) is 11.9 Å². The number of rotatable bonds is 11. The van der Waals surface area contributed by atoms with Gasteiger partial charge in [0.2, 0.25) is 0 Å². The average Bonchev–Trinajstić information content (AvgIpc) is 3.15. The number of carbonyl (C=O) groups is 1. The van der Waals surface area contributed by atoms with Crippen molar-refractivity contribution < 1.29 is 24.5 Å². The molecule has 192 valence electrons. The molecule has 1 aromatic carbocycles. The van der Waals surface area contributed by atoms with E-state index in [1.807, 2.05) is 24.3 Å². The number of carboxylic acid groups (broad SMARTS) is 1. The maximum atomic E-state index is 12.2. The molecule has 0 aliphatic rings. The highest BCUT2D eigenvalue weighted by Gasteiger charge is 2.24. The summed E-state index contributed by atoms with van der Waals surface area (Å²) in [6.45, 7) is 4.25. The van der Waals surface area contributed by atoms with Gasteiger partial charge in [-0.15, -0.1) is 12.4 Å². The summed E-state index contributed by atoms with van der Waals surface area (Å²) in [5.41, 5.74) is 3.71. The first-order valence-corrected chi connectivity index (χ1v) is 11.0. The third-order valence-electron chi connectivity index (χ3n) is 5.73. The molecular formula is C24H33ClN4O6. The Balaban J connectivity index is 0.00000432. The summed E-state index contributed by atoms with van der Waals surface area (Å²) in [6, 6.07) is 6.27. The number of aromatic nitrogens is 3. The molecule has 2 heterocycles. The number of methoxy groups -OCH3 is 2. The highest BCUT2D eigenvalue weighted by Crippen LogP contribution is 2.29. The molecular weight excluding hydrogens is 476 g/mol. The number of carboxylic acids is 1. The quantitative estimate of drug-likeness (QED) is 0.358. The lowest BCUT2D eigenvalue weighted by molar-refractivity contribution is -0.142. The lowest BCUT2D eigenvalue weighted by Crippen LogP contribution is -2.44. The minimum atomic E-state index is -1.12. The fourth-order valence-electron chi connectivity index (χ4n) is 4.10. The van der Waals surface area contributed by atoms with E-state index in [1.54, 1.807) is 34.4 Å². The molecule has 3 rings (SSSR count). The van der Waals surface area contributed by atoms with Crippen molar-refractivity contribution in [1.29, 1.82) is 0 Å². The molecule has 10 nitrogen and oxygen atoms in total. The number of nitrogens with zero attached hydrogens (tertiary/aromatic N) is 3. The van der Waals surface area contributed by atoms with E-state index in [4.69, 9.17) is 14.5 Å². The van der Waals surface area contributed by atoms with Gasteiger partial charge in [-0.25, -0.2) is 4.98 Å². The summed E-state index contributed by atoms with van der Waals surface area (Å²) >= 11 is 0. The van der Waals surface area contributed by atoms with E-state index in [1.165, 1.54) is 11.5 Å². The van der Waals surface area contributed by atoms with Gasteiger partial charge in [-0.1, -0.05) is 6.07 Å². The zero-order valence-corrected chi connectivity index (χ0v) is 21.3. The maximum Gasteiger partial charge on any atom is 0.323 e. The summed E-state index contributed by atoms with van der Waals surface area (Å²) in [4.78, 5) is 28.5. The number of ether oxygens (including phenoxy) is 2. The summed E-state index contributed by atoms with van der Waals surface area (Å²) in [5.74, 6) is -0.444. The largest absolute Gasteiger partial charge is 0.480 e. The molecule has 0 radical (unpaired) electrons. The number of nitrogens with one attached hydrogen (secondary N) is 1. The number of hydrogen-bond donors (Lipinski definition) is 3. The summed E-state index contributed by atoms with van der Waals surface area (Å²) in [7, 11) is 4.96. The van der Waals surface area contributed by atoms with E-state index in [9.17, 15) is 19.8 Å². The topological polar surface area (TPSA) is 128 Å².